The van der Waals surface area contributed by atoms with Crippen LogP contribution in [0, 0.1) is 9.39 Å². The Balaban J connectivity index is 2.35. The van der Waals surface area contributed by atoms with Gasteiger partial charge in [0.05, 0.1) is 3.57 Å². The fraction of sp³-hybridized carbons (Fsp3) is 0.294. The molecule has 1 aromatic carbocycles. The van der Waals surface area contributed by atoms with Gasteiger partial charge in [0.1, 0.15) is 18.0 Å². The highest BCUT2D eigenvalue weighted by Crippen LogP contribution is 2.17. The summed E-state index contributed by atoms with van der Waals surface area (Å²) in [5.74, 6) is -0.754. The van der Waals surface area contributed by atoms with Gasteiger partial charge in [-0.3, -0.25) is 9.59 Å². The molecule has 0 bridgehead atoms. The molecule has 0 atom stereocenters. The van der Waals surface area contributed by atoms with Crippen molar-refractivity contribution in [3.63, 3.8) is 0 Å². The van der Waals surface area contributed by atoms with Crippen LogP contribution in [0.2, 0.25) is 0 Å². The van der Waals surface area contributed by atoms with Gasteiger partial charge in [-0.05, 0) is 61.1 Å². The first kappa shape index (κ1) is 17.7. The first-order chi connectivity index (χ1) is 10.7. The molecule has 0 amide bonds. The van der Waals surface area contributed by atoms with Crippen LogP contribution < -0.4 is 5.43 Å². The van der Waals surface area contributed by atoms with Crippen molar-refractivity contribution in [3.8, 4) is 11.1 Å². The lowest BCUT2D eigenvalue weighted by Gasteiger charge is -2.20. The number of nitrogens with zero attached hydrogens (tertiary/aromatic N) is 1. The zero-order chi connectivity index (χ0) is 17.2. The highest BCUT2D eigenvalue weighted by molar-refractivity contribution is 14.1. The van der Waals surface area contributed by atoms with Crippen molar-refractivity contribution in [2.75, 3.05) is 0 Å². The van der Waals surface area contributed by atoms with Gasteiger partial charge in [0, 0.05) is 18.0 Å². The molecule has 0 aliphatic rings. The molecule has 0 aliphatic carbocycles. The summed E-state index contributed by atoms with van der Waals surface area (Å²) in [4.78, 5) is 24.2. The summed E-state index contributed by atoms with van der Waals surface area (Å²) in [5, 5.41) is 0. The Labute approximate surface area is 147 Å². The van der Waals surface area contributed by atoms with E-state index < -0.39 is 5.60 Å². The third kappa shape index (κ3) is 4.89. The number of hydrogen-bond donors (Lipinski definition) is 0. The number of rotatable bonds is 3. The predicted octanol–water partition coefficient (Wildman–Crippen LogP) is 3.60. The maximum absolute atomic E-state index is 13.0. The van der Waals surface area contributed by atoms with Crippen LogP contribution in [0.15, 0.2) is 41.5 Å². The normalized spacial score (nSPS) is 11.3. The number of aromatic nitrogens is 1. The van der Waals surface area contributed by atoms with E-state index in [0.29, 0.717) is 14.7 Å². The lowest BCUT2D eigenvalue weighted by Crippen LogP contribution is -2.27. The van der Waals surface area contributed by atoms with Crippen LogP contribution in [0.4, 0.5) is 4.39 Å². The van der Waals surface area contributed by atoms with E-state index in [0.717, 1.165) is 0 Å². The zero-order valence-electron chi connectivity index (χ0n) is 13.1. The maximum atomic E-state index is 13.0. The highest BCUT2D eigenvalue weighted by atomic mass is 127. The average Bonchev–Trinajstić information content (AvgIpc) is 2.41. The third-order valence-electron chi connectivity index (χ3n) is 2.92. The number of esters is 1. The Kier molecular flexibility index (Phi) is 5.23. The van der Waals surface area contributed by atoms with Crippen LogP contribution in [0.5, 0.6) is 0 Å². The summed E-state index contributed by atoms with van der Waals surface area (Å²) in [6.45, 7) is 5.39. The van der Waals surface area contributed by atoms with Crippen molar-refractivity contribution in [2.24, 2.45) is 0 Å². The number of carbonyl (C=O) groups excluding carboxylic acids is 1. The van der Waals surface area contributed by atoms with E-state index >= 15 is 0 Å². The number of benzene rings is 1. The van der Waals surface area contributed by atoms with E-state index in [2.05, 4.69) is 0 Å². The Morgan fingerprint density at radius 1 is 1.22 bits per heavy atom. The number of hydrogen-bond acceptors (Lipinski definition) is 3. The summed E-state index contributed by atoms with van der Waals surface area (Å²) in [7, 11) is 0. The average molecular weight is 429 g/mol. The Bertz CT molecular complexity index is 776. The van der Waals surface area contributed by atoms with Crippen molar-refractivity contribution in [2.45, 2.75) is 32.9 Å². The molecule has 2 aromatic rings. The van der Waals surface area contributed by atoms with Gasteiger partial charge in [-0.2, -0.15) is 0 Å². The number of pyridine rings is 1. The van der Waals surface area contributed by atoms with Gasteiger partial charge in [0.25, 0.3) is 0 Å². The molecular weight excluding hydrogens is 412 g/mol. The second-order valence-electron chi connectivity index (χ2n) is 6.11. The summed E-state index contributed by atoms with van der Waals surface area (Å²) < 4.78 is 20.4. The standard InChI is InChI=1S/C17H17FINO3/c1-17(2,3)23-15(21)10-20-8-13(16(22)14(19)9-20)11-4-6-12(18)7-5-11/h4-9H,10H2,1-3H3. The minimum atomic E-state index is -0.566. The molecule has 1 aromatic heterocycles. The van der Waals surface area contributed by atoms with Gasteiger partial charge in [0.15, 0.2) is 0 Å². The first-order valence-corrected chi connectivity index (χ1v) is 8.11. The van der Waals surface area contributed by atoms with Gasteiger partial charge in [-0.15, -0.1) is 0 Å². The lowest BCUT2D eigenvalue weighted by atomic mass is 10.1. The lowest BCUT2D eigenvalue weighted by molar-refractivity contribution is -0.155. The van der Waals surface area contributed by atoms with E-state index in [-0.39, 0.29) is 23.8 Å². The van der Waals surface area contributed by atoms with Gasteiger partial charge in [0.2, 0.25) is 5.43 Å². The molecule has 0 fully saturated rings. The third-order valence-corrected chi connectivity index (χ3v) is 3.69. The van der Waals surface area contributed by atoms with Crippen LogP contribution in [-0.2, 0) is 16.1 Å². The topological polar surface area (TPSA) is 48.3 Å². The first-order valence-electron chi connectivity index (χ1n) is 7.03. The molecular formula is C17H17FINO3. The van der Waals surface area contributed by atoms with Crippen molar-refractivity contribution >= 4 is 28.6 Å². The monoisotopic (exact) mass is 429 g/mol. The van der Waals surface area contributed by atoms with Gasteiger partial charge < -0.3 is 9.30 Å². The zero-order valence-corrected chi connectivity index (χ0v) is 15.3. The minimum Gasteiger partial charge on any atom is -0.459 e. The Morgan fingerprint density at radius 3 is 2.39 bits per heavy atom. The molecule has 0 saturated carbocycles. The molecule has 0 N–H and O–H groups in total. The maximum Gasteiger partial charge on any atom is 0.326 e. The highest BCUT2D eigenvalue weighted by Gasteiger charge is 2.17. The molecule has 0 aliphatic heterocycles. The summed E-state index contributed by atoms with van der Waals surface area (Å²) in [6.07, 6.45) is 3.18. The van der Waals surface area contributed by atoms with Crippen molar-refractivity contribution < 1.29 is 13.9 Å². The Hall–Kier alpha value is -1.70. The van der Waals surface area contributed by atoms with Crippen LogP contribution in [0.1, 0.15) is 20.8 Å². The molecule has 0 unspecified atom stereocenters. The summed E-state index contributed by atoms with van der Waals surface area (Å²) in [5.41, 5.74) is 0.300. The predicted molar refractivity (Wildman–Crippen MR) is 94.7 cm³/mol. The molecule has 6 heteroatoms. The van der Waals surface area contributed by atoms with E-state index in [1.807, 2.05) is 22.6 Å². The molecule has 0 spiro atoms. The number of halogens is 2. The molecule has 4 nitrogen and oxygen atoms in total. The molecule has 0 radical (unpaired) electrons. The smallest absolute Gasteiger partial charge is 0.326 e. The van der Waals surface area contributed by atoms with Crippen LogP contribution in [-0.4, -0.2) is 16.1 Å². The van der Waals surface area contributed by atoms with Crippen molar-refractivity contribution in [3.05, 3.63) is 56.3 Å². The Morgan fingerprint density at radius 2 is 1.83 bits per heavy atom. The SMILES string of the molecule is CC(C)(C)OC(=O)Cn1cc(I)c(=O)c(-c2ccc(F)cc2)c1. The summed E-state index contributed by atoms with van der Waals surface area (Å²) >= 11 is 1.92. The van der Waals surface area contributed by atoms with Crippen molar-refractivity contribution in [1.82, 2.24) is 4.57 Å². The molecule has 23 heavy (non-hydrogen) atoms. The van der Waals surface area contributed by atoms with E-state index in [9.17, 15) is 14.0 Å². The van der Waals surface area contributed by atoms with Crippen LogP contribution >= 0.6 is 22.6 Å². The largest absolute Gasteiger partial charge is 0.459 e. The fourth-order valence-electron chi connectivity index (χ4n) is 2.04. The van der Waals surface area contributed by atoms with Crippen LogP contribution in [0.3, 0.4) is 0 Å². The molecule has 2 rings (SSSR count). The second-order valence-corrected chi connectivity index (χ2v) is 7.28. The molecule has 122 valence electrons. The van der Waals surface area contributed by atoms with E-state index in [4.69, 9.17) is 4.74 Å². The minimum absolute atomic E-state index is 0.00173. The van der Waals surface area contributed by atoms with Gasteiger partial charge in [-0.1, -0.05) is 12.1 Å². The van der Waals surface area contributed by atoms with Gasteiger partial charge in [-0.25, -0.2) is 4.39 Å². The second kappa shape index (κ2) is 6.82. The van der Waals surface area contributed by atoms with E-state index in [1.165, 1.54) is 12.1 Å². The number of carbonyl (C=O) groups is 1. The molecule has 0 saturated heterocycles. The van der Waals surface area contributed by atoms with Crippen LogP contribution in [0.25, 0.3) is 11.1 Å². The quantitative estimate of drug-likeness (QED) is 0.554. The summed E-state index contributed by atoms with van der Waals surface area (Å²) in [6, 6.07) is 5.68. The van der Waals surface area contributed by atoms with Crippen molar-refractivity contribution in [1.29, 1.82) is 0 Å². The number of ether oxygens (including phenoxy) is 1. The van der Waals surface area contributed by atoms with Gasteiger partial charge >= 0.3 is 5.97 Å². The fourth-order valence-corrected chi connectivity index (χ4v) is 2.69. The molecule has 1 heterocycles. The van der Waals surface area contributed by atoms with E-state index in [1.54, 1.807) is 49.9 Å².